The smallest absolute Gasteiger partial charge is 0.218 e. The van der Waals surface area contributed by atoms with Crippen molar-refractivity contribution >= 4 is 28.9 Å². The lowest BCUT2D eigenvalue weighted by atomic mass is 10.2. The van der Waals surface area contributed by atoms with Crippen LogP contribution < -0.4 is 0 Å². The molecule has 2 aromatic heterocycles. The summed E-state index contributed by atoms with van der Waals surface area (Å²) in [6, 6.07) is 10.2. The van der Waals surface area contributed by atoms with Gasteiger partial charge in [0.05, 0.1) is 11.7 Å². The Balaban J connectivity index is 1.86. The number of nitrogens with zero attached hydrogens (tertiary/aromatic N) is 5. The van der Waals surface area contributed by atoms with Crippen LogP contribution >= 0.6 is 11.8 Å². The molecule has 5 nitrogen and oxygen atoms in total. The van der Waals surface area contributed by atoms with Crippen molar-refractivity contribution < 1.29 is 0 Å². The fourth-order valence-electron chi connectivity index (χ4n) is 2.35. The summed E-state index contributed by atoms with van der Waals surface area (Å²) >= 11 is 1.52. The van der Waals surface area contributed by atoms with E-state index in [0.29, 0.717) is 0 Å². The first-order chi connectivity index (χ1) is 10.3. The molecule has 0 amide bonds. The van der Waals surface area contributed by atoms with Crippen LogP contribution in [0.25, 0.3) is 10.9 Å². The van der Waals surface area contributed by atoms with Gasteiger partial charge < -0.3 is 0 Å². The second-order valence-electron chi connectivity index (χ2n) is 4.88. The summed E-state index contributed by atoms with van der Waals surface area (Å²) in [5.41, 5.74) is 2.01. The fraction of sp³-hybridized carbons (Fsp3) is 0.200. The number of hydrogen-bond donors (Lipinski definition) is 0. The van der Waals surface area contributed by atoms with E-state index in [1.807, 2.05) is 29.1 Å². The van der Waals surface area contributed by atoms with Crippen LogP contribution in [0.15, 0.2) is 45.6 Å². The Kier molecular flexibility index (Phi) is 2.96. The largest absolute Gasteiger partial charge is 0.240 e. The minimum atomic E-state index is 0.774. The Morgan fingerprint density at radius 2 is 2.10 bits per heavy atom. The highest BCUT2D eigenvalue weighted by molar-refractivity contribution is 7.99. The first kappa shape index (κ1) is 12.5. The Morgan fingerprint density at radius 3 is 3.00 bits per heavy atom. The number of pyridine rings is 1. The monoisotopic (exact) mass is 295 g/mol. The van der Waals surface area contributed by atoms with E-state index in [9.17, 15) is 0 Å². The fourth-order valence-corrected chi connectivity index (χ4v) is 3.22. The third-order valence-electron chi connectivity index (χ3n) is 3.37. The van der Waals surface area contributed by atoms with Crippen molar-refractivity contribution in [3.63, 3.8) is 0 Å². The number of benzene rings is 1. The molecule has 3 heterocycles. The van der Waals surface area contributed by atoms with E-state index in [1.165, 1.54) is 11.8 Å². The van der Waals surface area contributed by atoms with Crippen LogP contribution in [-0.4, -0.2) is 26.1 Å². The number of aryl methyl sites for hydroxylation is 1. The lowest BCUT2D eigenvalue weighted by Crippen LogP contribution is -1.98. The highest BCUT2D eigenvalue weighted by atomic mass is 32.2. The zero-order valence-electron chi connectivity index (χ0n) is 11.5. The Bertz CT molecular complexity index is 852. The predicted octanol–water partition coefficient (Wildman–Crippen LogP) is 3.13. The molecule has 0 bridgehead atoms. The SMILES string of the molecule is CCCc1nnc2n1N=Cc1cc3ccccc3nc1S2. The number of rotatable bonds is 2. The van der Waals surface area contributed by atoms with Gasteiger partial charge in [-0.15, -0.1) is 10.2 Å². The van der Waals surface area contributed by atoms with Crippen LogP contribution in [0.1, 0.15) is 24.7 Å². The molecule has 0 radical (unpaired) electrons. The van der Waals surface area contributed by atoms with Gasteiger partial charge in [0, 0.05) is 17.4 Å². The van der Waals surface area contributed by atoms with Gasteiger partial charge in [-0.25, -0.2) is 4.98 Å². The molecule has 0 aliphatic carbocycles. The van der Waals surface area contributed by atoms with Crippen molar-refractivity contribution in [3.05, 3.63) is 41.7 Å². The van der Waals surface area contributed by atoms with Crippen molar-refractivity contribution in [2.24, 2.45) is 5.10 Å². The summed E-state index contributed by atoms with van der Waals surface area (Å²) in [7, 11) is 0. The average molecular weight is 295 g/mol. The van der Waals surface area contributed by atoms with E-state index in [-0.39, 0.29) is 0 Å². The molecule has 1 aliphatic heterocycles. The van der Waals surface area contributed by atoms with E-state index in [2.05, 4.69) is 34.4 Å². The summed E-state index contributed by atoms with van der Waals surface area (Å²) in [6.07, 6.45) is 3.74. The minimum Gasteiger partial charge on any atom is -0.240 e. The second kappa shape index (κ2) is 4.96. The van der Waals surface area contributed by atoms with Gasteiger partial charge in [-0.05, 0) is 30.3 Å². The molecule has 0 unspecified atom stereocenters. The maximum Gasteiger partial charge on any atom is 0.218 e. The van der Waals surface area contributed by atoms with Crippen LogP contribution in [-0.2, 0) is 6.42 Å². The molecule has 6 heteroatoms. The minimum absolute atomic E-state index is 0.774. The molecule has 0 atom stereocenters. The zero-order chi connectivity index (χ0) is 14.2. The Morgan fingerprint density at radius 1 is 1.19 bits per heavy atom. The normalized spacial score (nSPS) is 13.0. The highest BCUT2D eigenvalue weighted by Gasteiger charge is 2.18. The highest BCUT2D eigenvalue weighted by Crippen LogP contribution is 2.31. The van der Waals surface area contributed by atoms with Gasteiger partial charge in [0.1, 0.15) is 5.03 Å². The van der Waals surface area contributed by atoms with Crippen molar-refractivity contribution in [1.29, 1.82) is 0 Å². The molecule has 0 spiro atoms. The summed E-state index contributed by atoms with van der Waals surface area (Å²) in [4.78, 5) is 4.72. The van der Waals surface area contributed by atoms with Gasteiger partial charge in [0.2, 0.25) is 5.16 Å². The van der Waals surface area contributed by atoms with Crippen molar-refractivity contribution in [2.45, 2.75) is 29.9 Å². The van der Waals surface area contributed by atoms with Gasteiger partial charge in [0.25, 0.3) is 0 Å². The average Bonchev–Trinajstić information content (AvgIpc) is 2.78. The lowest BCUT2D eigenvalue weighted by molar-refractivity contribution is 0.701. The second-order valence-corrected chi connectivity index (χ2v) is 5.84. The molecule has 1 aromatic carbocycles. The quantitative estimate of drug-likeness (QED) is 0.570. The van der Waals surface area contributed by atoms with E-state index in [0.717, 1.165) is 45.3 Å². The van der Waals surface area contributed by atoms with E-state index in [4.69, 9.17) is 4.98 Å². The lowest BCUT2D eigenvalue weighted by Gasteiger charge is -2.03. The molecule has 3 aromatic rings. The van der Waals surface area contributed by atoms with E-state index < -0.39 is 0 Å². The van der Waals surface area contributed by atoms with E-state index >= 15 is 0 Å². The summed E-state index contributed by atoms with van der Waals surface area (Å²) < 4.78 is 1.82. The van der Waals surface area contributed by atoms with Crippen molar-refractivity contribution in [3.8, 4) is 0 Å². The van der Waals surface area contributed by atoms with Gasteiger partial charge >= 0.3 is 0 Å². The van der Waals surface area contributed by atoms with Crippen LogP contribution in [0.4, 0.5) is 0 Å². The molecule has 0 saturated carbocycles. The van der Waals surface area contributed by atoms with E-state index in [1.54, 1.807) is 0 Å². The molecule has 0 fully saturated rings. The predicted molar refractivity (Wildman–Crippen MR) is 82.9 cm³/mol. The maximum absolute atomic E-state index is 4.72. The van der Waals surface area contributed by atoms with Crippen LogP contribution in [0.5, 0.6) is 0 Å². The number of aromatic nitrogens is 4. The molecule has 1 aliphatic rings. The molecule has 21 heavy (non-hydrogen) atoms. The third-order valence-corrected chi connectivity index (χ3v) is 4.32. The molecule has 104 valence electrons. The summed E-state index contributed by atoms with van der Waals surface area (Å²) in [5, 5.41) is 15.8. The number of fused-ring (bicyclic) bond motifs is 3. The first-order valence-corrected chi connectivity index (χ1v) is 7.73. The van der Waals surface area contributed by atoms with Gasteiger partial charge in [-0.2, -0.15) is 9.78 Å². The Labute approximate surface area is 126 Å². The van der Waals surface area contributed by atoms with Gasteiger partial charge in [-0.3, -0.25) is 0 Å². The standard InChI is InChI=1S/C15H13N5S/c1-2-5-13-18-19-15-20(13)16-9-11-8-10-6-3-4-7-12(10)17-14(11)21-15/h3-4,6-9H,2,5H2,1H3. The first-order valence-electron chi connectivity index (χ1n) is 6.91. The molecule has 4 rings (SSSR count). The maximum atomic E-state index is 4.72. The molecule has 0 saturated heterocycles. The van der Waals surface area contributed by atoms with Crippen molar-refractivity contribution in [1.82, 2.24) is 19.9 Å². The summed E-state index contributed by atoms with van der Waals surface area (Å²) in [6.45, 7) is 2.12. The number of para-hydroxylation sites is 1. The van der Waals surface area contributed by atoms with Gasteiger partial charge in [-0.1, -0.05) is 25.1 Å². The van der Waals surface area contributed by atoms with Crippen molar-refractivity contribution in [2.75, 3.05) is 0 Å². The van der Waals surface area contributed by atoms with Crippen LogP contribution in [0, 0.1) is 0 Å². The topological polar surface area (TPSA) is 56.0 Å². The molecular formula is C15H13N5S. The number of hydrogen-bond acceptors (Lipinski definition) is 5. The Hall–Kier alpha value is -2.21. The molecular weight excluding hydrogens is 282 g/mol. The third kappa shape index (κ3) is 2.12. The summed E-state index contributed by atoms with van der Waals surface area (Å²) in [5.74, 6) is 0.897. The van der Waals surface area contributed by atoms with Crippen LogP contribution in [0.3, 0.4) is 0 Å². The molecule has 0 N–H and O–H groups in total. The zero-order valence-corrected chi connectivity index (χ0v) is 12.3. The van der Waals surface area contributed by atoms with Crippen LogP contribution in [0.2, 0.25) is 0 Å². The van der Waals surface area contributed by atoms with Gasteiger partial charge in [0.15, 0.2) is 5.82 Å².